The van der Waals surface area contributed by atoms with Crippen LogP contribution in [0.4, 0.5) is 10.2 Å². The monoisotopic (exact) mass is 238 g/mol. The van der Waals surface area contributed by atoms with E-state index in [1.54, 1.807) is 0 Å². The number of nitrogens with zero attached hydrogens (tertiary/aromatic N) is 3. The molecule has 2 unspecified atom stereocenters. The Morgan fingerprint density at radius 2 is 2.29 bits per heavy atom. The Bertz CT molecular complexity index is 426. The van der Waals surface area contributed by atoms with Crippen molar-refractivity contribution in [2.75, 3.05) is 11.4 Å². The van der Waals surface area contributed by atoms with Crippen molar-refractivity contribution in [3.63, 3.8) is 0 Å². The van der Waals surface area contributed by atoms with E-state index in [2.05, 4.69) is 9.97 Å². The molecule has 1 amide bonds. The van der Waals surface area contributed by atoms with Gasteiger partial charge < -0.3 is 10.6 Å². The van der Waals surface area contributed by atoms with Gasteiger partial charge in [0.15, 0.2) is 0 Å². The van der Waals surface area contributed by atoms with Gasteiger partial charge in [0.1, 0.15) is 12.1 Å². The summed E-state index contributed by atoms with van der Waals surface area (Å²) in [6.07, 6.45) is 2.81. The maximum absolute atomic E-state index is 13.0. The van der Waals surface area contributed by atoms with Gasteiger partial charge in [0.2, 0.25) is 11.9 Å². The van der Waals surface area contributed by atoms with Crippen LogP contribution in [0.2, 0.25) is 0 Å². The summed E-state index contributed by atoms with van der Waals surface area (Å²) in [4.78, 5) is 20.5. The summed E-state index contributed by atoms with van der Waals surface area (Å²) < 4.78 is 13.0. The van der Waals surface area contributed by atoms with Crippen LogP contribution < -0.4 is 10.6 Å². The summed E-state index contributed by atoms with van der Waals surface area (Å²) in [5.74, 6) is -0.556. The number of carbonyl (C=O) groups excluding carboxylic acids is 1. The van der Waals surface area contributed by atoms with Crippen molar-refractivity contribution in [2.24, 2.45) is 11.7 Å². The van der Waals surface area contributed by atoms with Gasteiger partial charge in [0.05, 0.1) is 5.92 Å². The third kappa shape index (κ3) is 2.51. The van der Waals surface area contributed by atoms with Crippen LogP contribution in [0.15, 0.2) is 12.4 Å². The average molecular weight is 238 g/mol. The molecule has 2 heterocycles. The standard InChI is InChI=1S/C11H15FN4O/c1-7-2-3-8(11(13)17)5-16(7)10-4-9(12)14-6-15-10/h4,6-8H,2-3,5H2,1H3,(H2,13,17). The van der Waals surface area contributed by atoms with E-state index < -0.39 is 5.95 Å². The smallest absolute Gasteiger partial charge is 0.222 e. The van der Waals surface area contributed by atoms with Crippen LogP contribution in [0.3, 0.4) is 0 Å². The highest BCUT2D eigenvalue weighted by atomic mass is 19.1. The van der Waals surface area contributed by atoms with E-state index in [9.17, 15) is 9.18 Å². The highest BCUT2D eigenvalue weighted by Gasteiger charge is 2.29. The molecule has 2 rings (SSSR count). The van der Waals surface area contributed by atoms with Crippen molar-refractivity contribution < 1.29 is 9.18 Å². The summed E-state index contributed by atoms with van der Waals surface area (Å²) >= 11 is 0. The van der Waals surface area contributed by atoms with Crippen LogP contribution in [0.1, 0.15) is 19.8 Å². The van der Waals surface area contributed by atoms with Crippen molar-refractivity contribution in [3.8, 4) is 0 Å². The fourth-order valence-electron chi connectivity index (χ4n) is 2.14. The van der Waals surface area contributed by atoms with Gasteiger partial charge in [-0.2, -0.15) is 4.39 Å². The topological polar surface area (TPSA) is 72.1 Å². The molecule has 0 aliphatic carbocycles. The predicted molar refractivity (Wildman–Crippen MR) is 60.7 cm³/mol. The number of piperidine rings is 1. The van der Waals surface area contributed by atoms with Gasteiger partial charge in [-0.15, -0.1) is 0 Å². The van der Waals surface area contributed by atoms with Crippen molar-refractivity contribution in [1.82, 2.24) is 9.97 Å². The van der Waals surface area contributed by atoms with Gasteiger partial charge in [0.25, 0.3) is 0 Å². The second-order valence-electron chi connectivity index (χ2n) is 4.38. The van der Waals surface area contributed by atoms with E-state index in [0.717, 1.165) is 12.8 Å². The molecule has 2 atom stereocenters. The number of primary amides is 1. The normalized spacial score (nSPS) is 24.7. The number of halogens is 1. The number of nitrogens with two attached hydrogens (primary N) is 1. The molecule has 1 aromatic rings. The van der Waals surface area contributed by atoms with E-state index in [1.165, 1.54) is 12.4 Å². The minimum Gasteiger partial charge on any atom is -0.369 e. The minimum absolute atomic E-state index is 0.191. The van der Waals surface area contributed by atoms with Gasteiger partial charge in [-0.05, 0) is 19.8 Å². The molecule has 5 nitrogen and oxygen atoms in total. The Hall–Kier alpha value is -1.72. The SMILES string of the molecule is CC1CCC(C(N)=O)CN1c1cc(F)ncn1. The third-order valence-corrected chi connectivity index (χ3v) is 3.20. The first-order chi connectivity index (χ1) is 8.08. The number of hydrogen-bond donors (Lipinski definition) is 1. The molecule has 1 aliphatic heterocycles. The lowest BCUT2D eigenvalue weighted by Gasteiger charge is -2.37. The summed E-state index contributed by atoms with van der Waals surface area (Å²) in [6.45, 7) is 2.52. The molecular weight excluding hydrogens is 223 g/mol. The van der Waals surface area contributed by atoms with Crippen LogP contribution in [-0.4, -0.2) is 28.5 Å². The zero-order chi connectivity index (χ0) is 12.4. The van der Waals surface area contributed by atoms with E-state index in [4.69, 9.17) is 5.73 Å². The highest BCUT2D eigenvalue weighted by Crippen LogP contribution is 2.26. The number of rotatable bonds is 2. The van der Waals surface area contributed by atoms with Crippen molar-refractivity contribution in [3.05, 3.63) is 18.3 Å². The zero-order valence-corrected chi connectivity index (χ0v) is 9.64. The Morgan fingerprint density at radius 3 is 2.94 bits per heavy atom. The summed E-state index contributed by atoms with van der Waals surface area (Å²) in [5.41, 5.74) is 5.31. The van der Waals surface area contributed by atoms with Gasteiger partial charge in [-0.3, -0.25) is 4.79 Å². The first kappa shape index (κ1) is 11.8. The Morgan fingerprint density at radius 1 is 1.53 bits per heavy atom. The molecule has 0 spiro atoms. The lowest BCUT2D eigenvalue weighted by Crippen LogP contribution is -2.46. The molecule has 0 radical (unpaired) electrons. The molecule has 1 aliphatic rings. The van der Waals surface area contributed by atoms with Crippen molar-refractivity contribution >= 4 is 11.7 Å². The second-order valence-corrected chi connectivity index (χ2v) is 4.38. The summed E-state index contributed by atoms with van der Waals surface area (Å²) in [7, 11) is 0. The van der Waals surface area contributed by atoms with Crippen LogP contribution >= 0.6 is 0 Å². The van der Waals surface area contributed by atoms with Crippen LogP contribution in [0.5, 0.6) is 0 Å². The first-order valence-electron chi connectivity index (χ1n) is 5.61. The number of aromatic nitrogens is 2. The van der Waals surface area contributed by atoms with Crippen LogP contribution in [0, 0.1) is 11.9 Å². The van der Waals surface area contributed by atoms with E-state index in [1.807, 2.05) is 11.8 Å². The van der Waals surface area contributed by atoms with E-state index in [-0.39, 0.29) is 17.9 Å². The predicted octanol–water partition coefficient (Wildman–Crippen LogP) is 0.706. The number of carbonyl (C=O) groups is 1. The quantitative estimate of drug-likeness (QED) is 0.770. The molecule has 0 saturated carbocycles. The zero-order valence-electron chi connectivity index (χ0n) is 9.64. The largest absolute Gasteiger partial charge is 0.369 e. The maximum Gasteiger partial charge on any atom is 0.222 e. The summed E-state index contributed by atoms with van der Waals surface area (Å²) in [6, 6.07) is 1.50. The lowest BCUT2D eigenvalue weighted by atomic mass is 9.93. The lowest BCUT2D eigenvalue weighted by molar-refractivity contribution is -0.122. The number of hydrogen-bond acceptors (Lipinski definition) is 4. The second kappa shape index (κ2) is 4.65. The van der Waals surface area contributed by atoms with Gasteiger partial charge in [0, 0.05) is 18.7 Å². The van der Waals surface area contributed by atoms with E-state index in [0.29, 0.717) is 12.4 Å². The van der Waals surface area contributed by atoms with Gasteiger partial charge in [-0.25, -0.2) is 9.97 Å². The first-order valence-corrected chi connectivity index (χ1v) is 5.61. The molecule has 0 bridgehead atoms. The molecule has 92 valence electrons. The minimum atomic E-state index is -0.566. The molecule has 1 aromatic heterocycles. The average Bonchev–Trinajstić information content (AvgIpc) is 2.29. The van der Waals surface area contributed by atoms with Crippen LogP contribution in [0.25, 0.3) is 0 Å². The molecule has 6 heteroatoms. The Labute approximate surface area is 98.8 Å². The van der Waals surface area contributed by atoms with Gasteiger partial charge >= 0.3 is 0 Å². The third-order valence-electron chi connectivity index (χ3n) is 3.20. The number of anilines is 1. The molecule has 1 fully saturated rings. The molecular formula is C11H15FN4O. The Balaban J connectivity index is 2.20. The van der Waals surface area contributed by atoms with Crippen molar-refractivity contribution in [1.29, 1.82) is 0 Å². The van der Waals surface area contributed by atoms with Crippen molar-refractivity contribution in [2.45, 2.75) is 25.8 Å². The molecule has 2 N–H and O–H groups in total. The molecule has 1 saturated heterocycles. The van der Waals surface area contributed by atoms with E-state index >= 15 is 0 Å². The number of amides is 1. The maximum atomic E-state index is 13.0. The fourth-order valence-corrected chi connectivity index (χ4v) is 2.14. The highest BCUT2D eigenvalue weighted by molar-refractivity contribution is 5.77. The molecule has 17 heavy (non-hydrogen) atoms. The van der Waals surface area contributed by atoms with Crippen LogP contribution in [-0.2, 0) is 4.79 Å². The van der Waals surface area contributed by atoms with Gasteiger partial charge in [-0.1, -0.05) is 0 Å². The Kier molecular flexibility index (Phi) is 3.21. The summed E-state index contributed by atoms with van der Waals surface area (Å²) in [5, 5.41) is 0. The fraction of sp³-hybridized carbons (Fsp3) is 0.545. The molecule has 0 aromatic carbocycles.